The molecule has 1 aromatic heterocycles. The monoisotopic (exact) mass is 546 g/mol. The number of nitrogens with one attached hydrogen (secondary N) is 2. The Balaban J connectivity index is 0.00000341. The molecule has 2 fully saturated rings. The lowest BCUT2D eigenvalue weighted by Crippen LogP contribution is -2.47. The van der Waals surface area contributed by atoms with Crippen LogP contribution in [0.5, 0.6) is 0 Å². The van der Waals surface area contributed by atoms with Gasteiger partial charge in [0.1, 0.15) is 5.76 Å². The summed E-state index contributed by atoms with van der Waals surface area (Å²) in [5.74, 6) is 2.50. The van der Waals surface area contributed by atoms with Gasteiger partial charge in [-0.2, -0.15) is 0 Å². The number of aliphatic imine (C=N–C) groups is 1. The highest BCUT2D eigenvalue weighted by molar-refractivity contribution is 14.0. The van der Waals surface area contributed by atoms with Crippen LogP contribution >= 0.6 is 24.0 Å². The molecule has 0 saturated carbocycles. The van der Waals surface area contributed by atoms with E-state index >= 15 is 0 Å². The Morgan fingerprint density at radius 3 is 2.39 bits per heavy atom. The molecule has 2 N–H and O–H groups in total. The summed E-state index contributed by atoms with van der Waals surface area (Å²) in [6.45, 7) is 18.6. The van der Waals surface area contributed by atoms with Crippen LogP contribution in [0.1, 0.15) is 45.4 Å². The maximum absolute atomic E-state index is 5.75. The summed E-state index contributed by atoms with van der Waals surface area (Å²) in [6, 6.07) is 4.34. The van der Waals surface area contributed by atoms with Gasteiger partial charge in [-0.3, -0.25) is 9.89 Å². The van der Waals surface area contributed by atoms with E-state index in [2.05, 4.69) is 52.2 Å². The van der Waals surface area contributed by atoms with Crippen molar-refractivity contribution in [3.05, 3.63) is 24.2 Å². The van der Waals surface area contributed by atoms with Crippen molar-refractivity contribution in [1.82, 2.24) is 25.3 Å². The number of halogens is 1. The SMILES string of the molecule is CCNC(=NCC(C)CN1CCN(CC)CC1)NCC(c1ccco1)N1CCCC1.I. The van der Waals surface area contributed by atoms with Gasteiger partial charge < -0.3 is 24.9 Å². The average Bonchev–Trinajstić information content (AvgIpc) is 3.48. The number of rotatable bonds is 10. The second kappa shape index (κ2) is 14.3. The summed E-state index contributed by atoms with van der Waals surface area (Å²) in [4.78, 5) is 12.5. The van der Waals surface area contributed by atoms with E-state index in [1.165, 1.54) is 45.6 Å². The topological polar surface area (TPSA) is 59.3 Å². The number of piperazine rings is 1. The number of hydrogen-bond donors (Lipinski definition) is 2. The van der Waals surface area contributed by atoms with Gasteiger partial charge in [0.25, 0.3) is 0 Å². The van der Waals surface area contributed by atoms with Crippen LogP contribution in [-0.2, 0) is 0 Å². The first-order valence-corrected chi connectivity index (χ1v) is 11.9. The summed E-state index contributed by atoms with van der Waals surface area (Å²) < 4.78 is 5.75. The van der Waals surface area contributed by atoms with Gasteiger partial charge in [-0.1, -0.05) is 13.8 Å². The zero-order valence-corrected chi connectivity index (χ0v) is 22.0. The summed E-state index contributed by atoms with van der Waals surface area (Å²) in [5.41, 5.74) is 0. The Hall–Kier alpha value is -0.840. The highest BCUT2D eigenvalue weighted by Crippen LogP contribution is 2.24. The number of likely N-dealkylation sites (N-methyl/N-ethyl adjacent to an activating group) is 1. The van der Waals surface area contributed by atoms with E-state index in [1.54, 1.807) is 6.26 Å². The van der Waals surface area contributed by atoms with Crippen molar-refractivity contribution < 1.29 is 4.42 Å². The summed E-state index contributed by atoms with van der Waals surface area (Å²) in [5, 5.41) is 6.99. The summed E-state index contributed by atoms with van der Waals surface area (Å²) in [7, 11) is 0. The largest absolute Gasteiger partial charge is 0.468 e. The van der Waals surface area contributed by atoms with E-state index in [1.807, 2.05) is 6.07 Å². The Morgan fingerprint density at radius 2 is 1.77 bits per heavy atom. The van der Waals surface area contributed by atoms with Gasteiger partial charge in [-0.15, -0.1) is 24.0 Å². The first kappa shape index (κ1) is 26.4. The minimum atomic E-state index is 0. The molecule has 2 unspecified atom stereocenters. The molecule has 2 aliphatic heterocycles. The highest BCUT2D eigenvalue weighted by atomic mass is 127. The highest BCUT2D eigenvalue weighted by Gasteiger charge is 2.25. The van der Waals surface area contributed by atoms with Crippen LogP contribution < -0.4 is 10.6 Å². The second-order valence-corrected chi connectivity index (χ2v) is 8.71. The van der Waals surface area contributed by atoms with E-state index in [-0.39, 0.29) is 30.0 Å². The quantitative estimate of drug-likeness (QED) is 0.268. The number of nitrogens with zero attached hydrogens (tertiary/aromatic N) is 4. The molecule has 0 radical (unpaired) electrons. The van der Waals surface area contributed by atoms with E-state index in [0.717, 1.165) is 51.0 Å². The second-order valence-electron chi connectivity index (χ2n) is 8.71. The molecule has 3 rings (SSSR count). The molecule has 3 heterocycles. The maximum atomic E-state index is 5.75. The first-order chi connectivity index (χ1) is 14.7. The molecule has 178 valence electrons. The summed E-state index contributed by atoms with van der Waals surface area (Å²) in [6.07, 6.45) is 4.32. The molecule has 7 nitrogen and oxygen atoms in total. The van der Waals surface area contributed by atoms with Gasteiger partial charge in [-0.25, -0.2) is 0 Å². The Kier molecular flexibility index (Phi) is 12.2. The fourth-order valence-electron chi connectivity index (χ4n) is 4.51. The van der Waals surface area contributed by atoms with E-state index in [4.69, 9.17) is 9.41 Å². The van der Waals surface area contributed by atoms with Crippen molar-refractivity contribution in [3.8, 4) is 0 Å². The molecule has 2 atom stereocenters. The Labute approximate surface area is 206 Å². The van der Waals surface area contributed by atoms with Crippen LogP contribution in [0.3, 0.4) is 0 Å². The molecule has 31 heavy (non-hydrogen) atoms. The lowest BCUT2D eigenvalue weighted by Gasteiger charge is -2.35. The minimum absolute atomic E-state index is 0. The van der Waals surface area contributed by atoms with Crippen LogP contribution in [0.15, 0.2) is 27.8 Å². The Morgan fingerprint density at radius 1 is 1.06 bits per heavy atom. The predicted octanol–water partition coefficient (Wildman–Crippen LogP) is 2.86. The number of furan rings is 1. The van der Waals surface area contributed by atoms with Crippen LogP contribution in [0.4, 0.5) is 0 Å². The van der Waals surface area contributed by atoms with Gasteiger partial charge in [0.2, 0.25) is 0 Å². The van der Waals surface area contributed by atoms with E-state index < -0.39 is 0 Å². The molecule has 0 aromatic carbocycles. The van der Waals surface area contributed by atoms with Crippen molar-refractivity contribution in [2.24, 2.45) is 10.9 Å². The Bertz CT molecular complexity index is 612. The zero-order chi connectivity index (χ0) is 21.2. The lowest BCUT2D eigenvalue weighted by molar-refractivity contribution is 0.125. The molecular formula is C23H43IN6O. The molecule has 8 heteroatoms. The average molecular weight is 547 g/mol. The van der Waals surface area contributed by atoms with Crippen molar-refractivity contribution >= 4 is 29.9 Å². The third kappa shape index (κ3) is 8.55. The molecular weight excluding hydrogens is 503 g/mol. The third-order valence-electron chi connectivity index (χ3n) is 6.30. The van der Waals surface area contributed by atoms with Crippen molar-refractivity contribution in [1.29, 1.82) is 0 Å². The maximum Gasteiger partial charge on any atom is 0.191 e. The fraction of sp³-hybridized carbons (Fsp3) is 0.783. The van der Waals surface area contributed by atoms with Crippen molar-refractivity contribution in [2.75, 3.05) is 72.0 Å². The van der Waals surface area contributed by atoms with Crippen LogP contribution in [0.25, 0.3) is 0 Å². The molecule has 0 bridgehead atoms. The van der Waals surface area contributed by atoms with Gasteiger partial charge in [0, 0.05) is 52.4 Å². The van der Waals surface area contributed by atoms with Gasteiger partial charge in [0.05, 0.1) is 12.3 Å². The number of guanidine groups is 1. The van der Waals surface area contributed by atoms with Gasteiger partial charge in [-0.05, 0) is 57.5 Å². The smallest absolute Gasteiger partial charge is 0.191 e. The first-order valence-electron chi connectivity index (χ1n) is 11.9. The third-order valence-corrected chi connectivity index (χ3v) is 6.30. The molecule has 1 aromatic rings. The molecule has 2 saturated heterocycles. The van der Waals surface area contributed by atoms with E-state index in [9.17, 15) is 0 Å². The van der Waals surface area contributed by atoms with Crippen LogP contribution in [0.2, 0.25) is 0 Å². The minimum Gasteiger partial charge on any atom is -0.468 e. The predicted molar refractivity (Wildman–Crippen MR) is 139 cm³/mol. The normalized spacial score (nSPS) is 20.9. The van der Waals surface area contributed by atoms with Crippen molar-refractivity contribution in [2.45, 2.75) is 39.7 Å². The molecule has 0 aliphatic carbocycles. The molecule has 0 amide bonds. The van der Waals surface area contributed by atoms with Crippen molar-refractivity contribution in [3.63, 3.8) is 0 Å². The van der Waals surface area contributed by atoms with Gasteiger partial charge in [0.15, 0.2) is 5.96 Å². The summed E-state index contributed by atoms with van der Waals surface area (Å²) >= 11 is 0. The lowest BCUT2D eigenvalue weighted by atomic mass is 10.1. The fourth-order valence-corrected chi connectivity index (χ4v) is 4.51. The van der Waals surface area contributed by atoms with Gasteiger partial charge >= 0.3 is 0 Å². The zero-order valence-electron chi connectivity index (χ0n) is 19.7. The number of likely N-dealkylation sites (tertiary alicyclic amines) is 1. The molecule has 0 spiro atoms. The van der Waals surface area contributed by atoms with Crippen LogP contribution in [0, 0.1) is 5.92 Å². The molecule has 2 aliphatic rings. The standard InChI is InChI=1S/C23H42N6O.HI/c1-4-24-23(25-17-20(3)19-28-14-12-27(5-2)13-15-28)26-18-21(22-9-8-16-30-22)29-10-6-7-11-29;/h8-9,16,20-21H,4-7,10-15,17-19H2,1-3H3,(H2,24,25,26);1H. The van der Waals surface area contributed by atoms with E-state index in [0.29, 0.717) is 5.92 Å². The van der Waals surface area contributed by atoms with Crippen LogP contribution in [-0.4, -0.2) is 92.7 Å². The number of hydrogen-bond acceptors (Lipinski definition) is 5.